The van der Waals surface area contributed by atoms with Crippen LogP contribution in [0.3, 0.4) is 0 Å². The predicted octanol–water partition coefficient (Wildman–Crippen LogP) is 1.60. The molecule has 2 heterocycles. The van der Waals surface area contributed by atoms with E-state index in [1.165, 1.54) is 5.56 Å². The lowest BCUT2D eigenvalue weighted by atomic mass is 10.1. The number of hydrogen-bond acceptors (Lipinski definition) is 6. The van der Waals surface area contributed by atoms with E-state index in [2.05, 4.69) is 15.3 Å². The van der Waals surface area contributed by atoms with Crippen molar-refractivity contribution in [2.45, 2.75) is 6.54 Å². The van der Waals surface area contributed by atoms with Crippen LogP contribution in [-0.4, -0.2) is 35.6 Å². The summed E-state index contributed by atoms with van der Waals surface area (Å²) in [5.74, 6) is 0.402. The van der Waals surface area contributed by atoms with Crippen LogP contribution in [0.5, 0.6) is 0 Å². The summed E-state index contributed by atoms with van der Waals surface area (Å²) in [5, 5.41) is 0. The number of ether oxygens (including phenoxy) is 1. The standard InChI is InChI=1S/C13H14N2O3S/c16-13-18-12(14-19-13)11-3-1-2-10(8-11)9-15-4-6-17-7-5-15/h1-3,8H,4-7,9H2. The molecule has 0 N–H and O–H groups in total. The van der Waals surface area contributed by atoms with E-state index in [1.54, 1.807) is 0 Å². The molecule has 0 saturated carbocycles. The van der Waals surface area contributed by atoms with Gasteiger partial charge in [0.1, 0.15) is 0 Å². The van der Waals surface area contributed by atoms with Crippen molar-refractivity contribution in [1.82, 2.24) is 9.27 Å². The maximum Gasteiger partial charge on any atom is 0.414 e. The van der Waals surface area contributed by atoms with Crippen molar-refractivity contribution in [3.05, 3.63) is 39.6 Å². The van der Waals surface area contributed by atoms with E-state index in [0.717, 1.165) is 49.9 Å². The highest BCUT2D eigenvalue weighted by Crippen LogP contribution is 2.19. The van der Waals surface area contributed by atoms with Crippen LogP contribution in [0.2, 0.25) is 0 Å². The van der Waals surface area contributed by atoms with Crippen molar-refractivity contribution >= 4 is 11.5 Å². The molecule has 19 heavy (non-hydrogen) atoms. The predicted molar refractivity (Wildman–Crippen MR) is 72.2 cm³/mol. The minimum atomic E-state index is -0.367. The van der Waals surface area contributed by atoms with Gasteiger partial charge >= 0.3 is 4.94 Å². The minimum absolute atomic E-state index is 0.367. The molecule has 1 saturated heterocycles. The van der Waals surface area contributed by atoms with Crippen molar-refractivity contribution in [2.75, 3.05) is 26.3 Å². The number of hydrogen-bond donors (Lipinski definition) is 0. The Hall–Kier alpha value is -1.50. The third-order valence-corrected chi connectivity index (χ3v) is 3.56. The average molecular weight is 278 g/mol. The van der Waals surface area contributed by atoms with Gasteiger partial charge in [-0.15, -0.1) is 4.37 Å². The Labute approximate surface area is 114 Å². The van der Waals surface area contributed by atoms with E-state index in [4.69, 9.17) is 9.15 Å². The lowest BCUT2D eigenvalue weighted by molar-refractivity contribution is 0.0342. The van der Waals surface area contributed by atoms with Gasteiger partial charge in [0.05, 0.1) is 24.7 Å². The Bertz CT molecular complexity index is 602. The monoisotopic (exact) mass is 278 g/mol. The number of rotatable bonds is 3. The third-order valence-electron chi connectivity index (χ3n) is 3.07. The van der Waals surface area contributed by atoms with Crippen LogP contribution in [0, 0.1) is 0 Å². The van der Waals surface area contributed by atoms with E-state index in [9.17, 15) is 4.79 Å². The van der Waals surface area contributed by atoms with Gasteiger partial charge in [0.15, 0.2) is 0 Å². The highest BCUT2D eigenvalue weighted by molar-refractivity contribution is 7.02. The molecular weight excluding hydrogens is 264 g/mol. The second kappa shape index (κ2) is 5.64. The van der Waals surface area contributed by atoms with Crippen LogP contribution in [0.1, 0.15) is 5.56 Å². The summed E-state index contributed by atoms with van der Waals surface area (Å²) in [5.41, 5.74) is 2.04. The molecule has 0 radical (unpaired) electrons. The molecule has 1 aromatic heterocycles. The van der Waals surface area contributed by atoms with Crippen LogP contribution >= 0.6 is 11.5 Å². The number of benzene rings is 1. The summed E-state index contributed by atoms with van der Waals surface area (Å²) in [4.78, 5) is 13.0. The lowest BCUT2D eigenvalue weighted by Gasteiger charge is -2.26. The first-order chi connectivity index (χ1) is 9.31. The first-order valence-corrected chi connectivity index (χ1v) is 6.95. The first kappa shape index (κ1) is 12.5. The molecule has 1 aliphatic rings. The molecule has 5 nitrogen and oxygen atoms in total. The summed E-state index contributed by atoms with van der Waals surface area (Å²) in [6.45, 7) is 4.37. The second-order valence-corrected chi connectivity index (χ2v) is 5.13. The largest absolute Gasteiger partial charge is 0.414 e. The zero-order chi connectivity index (χ0) is 13.1. The molecule has 6 heteroatoms. The fourth-order valence-corrected chi connectivity index (χ4v) is 2.54. The molecule has 1 aliphatic heterocycles. The molecular formula is C13H14N2O3S. The van der Waals surface area contributed by atoms with Gasteiger partial charge in [0.25, 0.3) is 0 Å². The van der Waals surface area contributed by atoms with Crippen molar-refractivity contribution in [3.63, 3.8) is 0 Å². The lowest BCUT2D eigenvalue weighted by Crippen LogP contribution is -2.35. The van der Waals surface area contributed by atoms with Gasteiger partial charge in [0.2, 0.25) is 5.89 Å². The van der Waals surface area contributed by atoms with E-state index >= 15 is 0 Å². The Kier molecular flexibility index (Phi) is 3.72. The number of aromatic nitrogens is 1. The fourth-order valence-electron chi connectivity index (χ4n) is 2.13. The maximum atomic E-state index is 11.0. The van der Waals surface area contributed by atoms with Crippen molar-refractivity contribution in [3.8, 4) is 11.5 Å². The molecule has 0 atom stereocenters. The zero-order valence-electron chi connectivity index (χ0n) is 10.4. The number of morpholine rings is 1. The normalized spacial score (nSPS) is 16.6. The topological polar surface area (TPSA) is 55.6 Å². The molecule has 1 aromatic carbocycles. The van der Waals surface area contributed by atoms with E-state index in [-0.39, 0.29) is 4.94 Å². The Morgan fingerprint density at radius 2 is 2.16 bits per heavy atom. The fraction of sp³-hybridized carbons (Fsp3) is 0.385. The highest BCUT2D eigenvalue weighted by atomic mass is 32.1. The molecule has 100 valence electrons. The van der Waals surface area contributed by atoms with Crippen molar-refractivity contribution < 1.29 is 9.15 Å². The molecule has 1 fully saturated rings. The maximum absolute atomic E-state index is 11.0. The van der Waals surface area contributed by atoms with E-state index in [1.807, 2.05) is 18.2 Å². The van der Waals surface area contributed by atoms with Gasteiger partial charge in [-0.25, -0.2) is 4.79 Å². The van der Waals surface area contributed by atoms with Gasteiger partial charge in [-0.3, -0.25) is 4.90 Å². The molecule has 2 aromatic rings. The van der Waals surface area contributed by atoms with Crippen LogP contribution in [-0.2, 0) is 11.3 Å². The molecule has 3 rings (SSSR count). The van der Waals surface area contributed by atoms with Gasteiger partial charge in [-0.1, -0.05) is 12.1 Å². The highest BCUT2D eigenvalue weighted by Gasteiger charge is 2.12. The summed E-state index contributed by atoms with van der Waals surface area (Å²) < 4.78 is 14.4. The van der Waals surface area contributed by atoms with Gasteiger partial charge in [-0.2, -0.15) is 0 Å². The van der Waals surface area contributed by atoms with Crippen LogP contribution in [0.4, 0.5) is 0 Å². The van der Waals surface area contributed by atoms with Crippen molar-refractivity contribution in [1.29, 1.82) is 0 Å². The Morgan fingerprint density at radius 3 is 2.89 bits per heavy atom. The van der Waals surface area contributed by atoms with E-state index in [0.29, 0.717) is 5.89 Å². The van der Waals surface area contributed by atoms with Crippen LogP contribution < -0.4 is 4.94 Å². The summed E-state index contributed by atoms with van der Waals surface area (Å²) in [6.07, 6.45) is 0. The van der Waals surface area contributed by atoms with E-state index < -0.39 is 0 Å². The first-order valence-electron chi connectivity index (χ1n) is 6.17. The van der Waals surface area contributed by atoms with Crippen molar-refractivity contribution in [2.24, 2.45) is 0 Å². The second-order valence-electron chi connectivity index (χ2n) is 4.43. The molecule has 0 unspecified atom stereocenters. The molecule has 0 amide bonds. The third kappa shape index (κ3) is 3.09. The van der Waals surface area contributed by atoms with Crippen LogP contribution in [0.25, 0.3) is 11.5 Å². The molecule has 0 aliphatic carbocycles. The Balaban J connectivity index is 1.77. The van der Waals surface area contributed by atoms with Crippen LogP contribution in [0.15, 0.2) is 33.5 Å². The summed E-state index contributed by atoms with van der Waals surface area (Å²) >= 11 is 0.842. The van der Waals surface area contributed by atoms with Gasteiger partial charge in [0, 0.05) is 25.2 Å². The Morgan fingerprint density at radius 1 is 1.32 bits per heavy atom. The summed E-state index contributed by atoms with van der Waals surface area (Å²) in [7, 11) is 0. The van der Waals surface area contributed by atoms with Gasteiger partial charge < -0.3 is 9.15 Å². The smallest absolute Gasteiger partial charge is 0.394 e. The number of nitrogens with zero attached hydrogens (tertiary/aromatic N) is 2. The molecule has 0 bridgehead atoms. The minimum Gasteiger partial charge on any atom is -0.394 e. The SMILES string of the molecule is O=c1oc(-c2cccc(CN3CCOCC3)c2)ns1. The zero-order valence-corrected chi connectivity index (χ0v) is 11.2. The summed E-state index contributed by atoms with van der Waals surface area (Å²) in [6, 6.07) is 7.96. The quantitative estimate of drug-likeness (QED) is 0.853. The average Bonchev–Trinajstić information content (AvgIpc) is 2.87. The molecule has 0 spiro atoms. The van der Waals surface area contributed by atoms with Gasteiger partial charge in [-0.05, 0) is 17.7 Å².